The van der Waals surface area contributed by atoms with Gasteiger partial charge in [-0.25, -0.2) is 4.79 Å². The van der Waals surface area contributed by atoms with Crippen molar-refractivity contribution in [3.8, 4) is 5.75 Å². The van der Waals surface area contributed by atoms with Gasteiger partial charge < -0.3 is 19.9 Å². The van der Waals surface area contributed by atoms with Gasteiger partial charge in [0.15, 0.2) is 6.23 Å². The number of carbonyl (C=O) groups is 1. The Hall–Kier alpha value is -3.35. The minimum atomic E-state index is -1.21. The summed E-state index contributed by atoms with van der Waals surface area (Å²) in [6.45, 7) is 5.97. The third-order valence-corrected chi connectivity index (χ3v) is 8.80. The van der Waals surface area contributed by atoms with Crippen LogP contribution in [0.2, 0.25) is 0 Å². The quantitative estimate of drug-likeness (QED) is 0.289. The minimum Gasteiger partial charge on any atom is -0.496 e. The van der Waals surface area contributed by atoms with Crippen molar-refractivity contribution in [2.24, 2.45) is 5.92 Å². The molecule has 3 aromatic carbocycles. The Bertz CT molecular complexity index is 1200. The monoisotopic (exact) mass is 528 g/mol. The molecule has 0 spiro atoms. The highest BCUT2D eigenvalue weighted by Crippen LogP contribution is 2.45. The minimum absolute atomic E-state index is 0.0235. The average Bonchev–Trinajstić information content (AvgIpc) is 2.97. The highest BCUT2D eigenvalue weighted by Gasteiger charge is 2.51. The van der Waals surface area contributed by atoms with Crippen molar-refractivity contribution in [3.05, 3.63) is 101 Å². The molecule has 3 fully saturated rings. The van der Waals surface area contributed by atoms with E-state index in [2.05, 4.69) is 90.8 Å². The predicted molar refractivity (Wildman–Crippen MR) is 153 cm³/mol. The fourth-order valence-corrected chi connectivity index (χ4v) is 6.66. The first-order chi connectivity index (χ1) is 19.0. The molecule has 4 unspecified atom stereocenters. The number of carboxylic acid groups (broad SMARTS) is 1. The number of methoxy groups -OCH3 is 1. The zero-order valence-corrected chi connectivity index (χ0v) is 23.1. The van der Waals surface area contributed by atoms with Gasteiger partial charge in [0.05, 0.1) is 7.11 Å². The van der Waals surface area contributed by atoms with E-state index < -0.39 is 12.4 Å². The maximum Gasteiger partial charge on any atom is 0.507 e. The summed E-state index contributed by atoms with van der Waals surface area (Å²) in [4.78, 5) is 14.0. The SMILES string of the molecule is CCC(C)c1ccc(OC)c(CN[C@H]2C3CCN(C(OC(=O)O)C3)[C@H]2C(c2ccccc2)c2ccccc2)c1. The number of nitrogens with one attached hydrogen (secondary N) is 1. The van der Waals surface area contributed by atoms with Gasteiger partial charge in [-0.1, -0.05) is 86.6 Å². The zero-order valence-electron chi connectivity index (χ0n) is 23.1. The molecule has 6 heteroatoms. The van der Waals surface area contributed by atoms with E-state index in [1.54, 1.807) is 7.11 Å². The Morgan fingerprint density at radius 2 is 1.69 bits per heavy atom. The lowest BCUT2D eigenvalue weighted by Gasteiger charge is -2.56. The summed E-state index contributed by atoms with van der Waals surface area (Å²) in [6.07, 6.45) is 1.14. The molecule has 3 aromatic rings. The number of nitrogens with zero attached hydrogens (tertiary/aromatic N) is 1. The molecule has 0 aliphatic carbocycles. The van der Waals surface area contributed by atoms with Crippen LogP contribution >= 0.6 is 0 Å². The van der Waals surface area contributed by atoms with Crippen LogP contribution in [0.3, 0.4) is 0 Å². The number of fused-ring (bicyclic) bond motifs is 3. The molecular formula is C33H40N2O4. The third-order valence-electron chi connectivity index (χ3n) is 8.80. The first kappa shape index (κ1) is 27.2. The van der Waals surface area contributed by atoms with E-state index in [-0.39, 0.29) is 18.0 Å². The average molecular weight is 529 g/mol. The maximum absolute atomic E-state index is 11.7. The molecule has 0 radical (unpaired) electrons. The van der Waals surface area contributed by atoms with Crippen LogP contribution in [0.5, 0.6) is 5.75 Å². The van der Waals surface area contributed by atoms with Crippen molar-refractivity contribution >= 4 is 6.16 Å². The molecule has 0 saturated carbocycles. The van der Waals surface area contributed by atoms with Crippen molar-refractivity contribution < 1.29 is 19.4 Å². The van der Waals surface area contributed by atoms with Crippen LogP contribution in [0.15, 0.2) is 78.9 Å². The van der Waals surface area contributed by atoms with E-state index in [0.29, 0.717) is 24.8 Å². The van der Waals surface area contributed by atoms with Crippen LogP contribution in [0.25, 0.3) is 0 Å². The Morgan fingerprint density at radius 1 is 1.03 bits per heavy atom. The maximum atomic E-state index is 11.7. The molecule has 6 rings (SSSR count). The van der Waals surface area contributed by atoms with Crippen LogP contribution in [0.1, 0.15) is 67.2 Å². The van der Waals surface area contributed by atoms with Gasteiger partial charge in [-0.3, -0.25) is 4.90 Å². The summed E-state index contributed by atoms with van der Waals surface area (Å²) < 4.78 is 11.2. The number of hydrogen-bond acceptors (Lipinski definition) is 5. The first-order valence-electron chi connectivity index (χ1n) is 14.2. The number of benzene rings is 3. The van der Waals surface area contributed by atoms with E-state index in [1.807, 2.05) is 12.1 Å². The molecule has 6 nitrogen and oxygen atoms in total. The fourth-order valence-electron chi connectivity index (χ4n) is 6.66. The summed E-state index contributed by atoms with van der Waals surface area (Å²) in [5.74, 6) is 1.72. The standard InChI is InChI=1S/C33H40N2O4/c1-4-22(2)25-15-16-28(38-3)27(19-25)21-34-31-26-17-18-35(29(20-26)39-33(36)37)32(31)30(23-11-7-5-8-12-23)24-13-9-6-10-14-24/h5-16,19,22,26,29-32,34H,4,17-18,20-21H2,1-3H3,(H,36,37)/t22?,26?,29?,31-,32-/m0/s1. The summed E-state index contributed by atoms with van der Waals surface area (Å²) >= 11 is 0. The molecule has 0 amide bonds. The van der Waals surface area contributed by atoms with E-state index in [1.165, 1.54) is 16.7 Å². The van der Waals surface area contributed by atoms with Gasteiger partial charge in [-0.15, -0.1) is 0 Å². The molecule has 2 N–H and O–H groups in total. The number of ether oxygens (including phenoxy) is 2. The Kier molecular flexibility index (Phi) is 8.53. The second-order valence-corrected chi connectivity index (χ2v) is 10.9. The van der Waals surface area contributed by atoms with E-state index >= 15 is 0 Å². The topological polar surface area (TPSA) is 71.0 Å². The van der Waals surface area contributed by atoms with Gasteiger partial charge in [0.1, 0.15) is 5.75 Å². The number of hydrogen-bond donors (Lipinski definition) is 2. The van der Waals surface area contributed by atoms with Crippen LogP contribution in [-0.4, -0.2) is 48.1 Å². The van der Waals surface area contributed by atoms with E-state index in [0.717, 1.165) is 30.7 Å². The number of rotatable bonds is 10. The smallest absolute Gasteiger partial charge is 0.496 e. The van der Waals surface area contributed by atoms with Gasteiger partial charge >= 0.3 is 6.16 Å². The Morgan fingerprint density at radius 3 is 2.28 bits per heavy atom. The van der Waals surface area contributed by atoms with Gasteiger partial charge in [0, 0.05) is 43.1 Å². The molecular weight excluding hydrogens is 488 g/mol. The van der Waals surface area contributed by atoms with Crippen LogP contribution in [0.4, 0.5) is 4.79 Å². The van der Waals surface area contributed by atoms with E-state index in [9.17, 15) is 9.90 Å². The summed E-state index contributed by atoms with van der Waals surface area (Å²) in [7, 11) is 1.73. The second kappa shape index (κ2) is 12.2. The third kappa shape index (κ3) is 5.82. The van der Waals surface area contributed by atoms with Crippen LogP contribution < -0.4 is 10.1 Å². The van der Waals surface area contributed by atoms with Crippen LogP contribution in [0, 0.1) is 5.92 Å². The van der Waals surface area contributed by atoms with Gasteiger partial charge in [0.2, 0.25) is 0 Å². The normalized spacial score (nSPS) is 24.9. The molecule has 206 valence electrons. The Labute approximate surface area is 232 Å². The Balaban J connectivity index is 1.52. The van der Waals surface area contributed by atoms with Crippen molar-refractivity contribution in [3.63, 3.8) is 0 Å². The molecule has 2 bridgehead atoms. The number of piperidine rings is 3. The summed E-state index contributed by atoms with van der Waals surface area (Å²) in [6, 6.07) is 27.9. The molecule has 3 saturated heterocycles. The fraction of sp³-hybridized carbons (Fsp3) is 0.424. The molecule has 39 heavy (non-hydrogen) atoms. The first-order valence-corrected chi connectivity index (χ1v) is 14.2. The summed E-state index contributed by atoms with van der Waals surface area (Å²) in [5.41, 5.74) is 4.92. The molecule has 0 aromatic heterocycles. The highest BCUT2D eigenvalue weighted by atomic mass is 16.7. The lowest BCUT2D eigenvalue weighted by molar-refractivity contribution is -0.139. The van der Waals surface area contributed by atoms with Gasteiger partial charge in [-0.2, -0.15) is 0 Å². The second-order valence-electron chi connectivity index (χ2n) is 10.9. The summed E-state index contributed by atoms with van der Waals surface area (Å²) in [5, 5.41) is 13.5. The van der Waals surface area contributed by atoms with Crippen LogP contribution in [-0.2, 0) is 11.3 Å². The van der Waals surface area contributed by atoms with Crippen molar-refractivity contribution in [2.45, 2.75) is 69.8 Å². The van der Waals surface area contributed by atoms with Crippen molar-refractivity contribution in [1.29, 1.82) is 0 Å². The van der Waals surface area contributed by atoms with Crippen molar-refractivity contribution in [1.82, 2.24) is 10.2 Å². The zero-order chi connectivity index (χ0) is 27.4. The van der Waals surface area contributed by atoms with Gasteiger partial charge in [-0.05, 0) is 47.4 Å². The molecule has 6 atom stereocenters. The van der Waals surface area contributed by atoms with Gasteiger partial charge in [0.25, 0.3) is 0 Å². The lowest BCUT2D eigenvalue weighted by Crippen LogP contribution is -2.68. The molecule has 3 aliphatic heterocycles. The van der Waals surface area contributed by atoms with E-state index in [4.69, 9.17) is 9.47 Å². The lowest BCUT2D eigenvalue weighted by atomic mass is 9.70. The molecule has 3 aliphatic rings. The predicted octanol–water partition coefficient (Wildman–Crippen LogP) is 6.61. The largest absolute Gasteiger partial charge is 0.507 e. The molecule has 3 heterocycles. The van der Waals surface area contributed by atoms with Crippen molar-refractivity contribution in [2.75, 3.05) is 13.7 Å². The highest BCUT2D eigenvalue weighted by molar-refractivity contribution is 5.57.